The van der Waals surface area contributed by atoms with Crippen LogP contribution in [0.5, 0.6) is 11.5 Å². The molecule has 0 unspecified atom stereocenters. The van der Waals surface area contributed by atoms with E-state index in [1.54, 1.807) is 6.07 Å². The van der Waals surface area contributed by atoms with Crippen LogP contribution in [0.1, 0.15) is 45.8 Å². The molecule has 1 aliphatic heterocycles. The lowest BCUT2D eigenvalue weighted by Crippen LogP contribution is -2.40. The minimum absolute atomic E-state index is 0.00609. The number of methoxy groups -OCH3 is 1. The monoisotopic (exact) mass is 410 g/mol. The molecule has 154 valence electrons. The SMILES string of the molecule is CC[C@H]1O[C@H](c2ccc(OC)c(OS(=O)(=O)C(F)(F)F)c2)[C@@H](C)[C@@H](C)[C@@H]1C. The Morgan fingerprint density at radius 2 is 1.70 bits per heavy atom. The van der Waals surface area contributed by atoms with E-state index in [9.17, 15) is 21.6 Å². The second-order valence-corrected chi connectivity index (χ2v) is 8.51. The van der Waals surface area contributed by atoms with Crippen molar-refractivity contribution < 1.29 is 35.2 Å². The van der Waals surface area contributed by atoms with Crippen molar-refractivity contribution in [1.29, 1.82) is 0 Å². The van der Waals surface area contributed by atoms with E-state index in [1.807, 2.05) is 13.8 Å². The highest BCUT2D eigenvalue weighted by Gasteiger charge is 2.49. The summed E-state index contributed by atoms with van der Waals surface area (Å²) in [6, 6.07) is 4.29. The molecule has 1 saturated heterocycles. The highest BCUT2D eigenvalue weighted by molar-refractivity contribution is 7.88. The van der Waals surface area contributed by atoms with Crippen LogP contribution < -0.4 is 8.92 Å². The fourth-order valence-electron chi connectivity index (χ4n) is 3.48. The number of halogens is 3. The summed E-state index contributed by atoms with van der Waals surface area (Å²) in [6.07, 6.45) is 0.422. The van der Waals surface area contributed by atoms with Crippen LogP contribution in [0.2, 0.25) is 0 Å². The van der Waals surface area contributed by atoms with Crippen LogP contribution in [0.25, 0.3) is 0 Å². The third kappa shape index (κ3) is 4.34. The first-order valence-electron chi connectivity index (χ1n) is 8.77. The van der Waals surface area contributed by atoms with E-state index in [4.69, 9.17) is 9.47 Å². The molecule has 0 N–H and O–H groups in total. The number of alkyl halides is 3. The Balaban J connectivity index is 2.42. The number of hydrogen-bond acceptors (Lipinski definition) is 5. The number of hydrogen-bond donors (Lipinski definition) is 0. The normalized spacial score (nSPS) is 29.4. The van der Waals surface area contributed by atoms with Crippen LogP contribution in [0.4, 0.5) is 13.2 Å². The van der Waals surface area contributed by atoms with E-state index in [2.05, 4.69) is 18.0 Å². The Hall–Kier alpha value is -1.48. The van der Waals surface area contributed by atoms with E-state index in [0.717, 1.165) is 6.42 Å². The summed E-state index contributed by atoms with van der Waals surface area (Å²) >= 11 is 0. The lowest BCUT2D eigenvalue weighted by molar-refractivity contribution is -0.136. The minimum atomic E-state index is -5.80. The van der Waals surface area contributed by atoms with Gasteiger partial charge in [0.25, 0.3) is 0 Å². The molecule has 1 aromatic rings. The van der Waals surface area contributed by atoms with E-state index in [-0.39, 0.29) is 23.9 Å². The smallest absolute Gasteiger partial charge is 0.493 e. The largest absolute Gasteiger partial charge is 0.534 e. The maximum Gasteiger partial charge on any atom is 0.534 e. The van der Waals surface area contributed by atoms with Gasteiger partial charge in [-0.05, 0) is 41.9 Å². The predicted octanol–water partition coefficient (Wildman–Crippen LogP) is 4.68. The van der Waals surface area contributed by atoms with Crippen LogP contribution in [0, 0.1) is 17.8 Å². The molecular formula is C18H25F3O5S. The molecular weight excluding hydrogens is 385 g/mol. The highest BCUT2D eigenvalue weighted by Crippen LogP contribution is 2.45. The van der Waals surface area contributed by atoms with Gasteiger partial charge in [-0.3, -0.25) is 0 Å². The Morgan fingerprint density at radius 1 is 1.07 bits per heavy atom. The van der Waals surface area contributed by atoms with Crippen molar-refractivity contribution in [3.8, 4) is 11.5 Å². The van der Waals surface area contributed by atoms with Gasteiger partial charge in [0.1, 0.15) is 0 Å². The van der Waals surface area contributed by atoms with E-state index >= 15 is 0 Å². The van der Waals surface area contributed by atoms with Crippen molar-refractivity contribution >= 4 is 10.1 Å². The van der Waals surface area contributed by atoms with Crippen LogP contribution in [-0.4, -0.2) is 27.1 Å². The maximum absolute atomic E-state index is 12.7. The Labute approximate surface area is 157 Å². The summed E-state index contributed by atoms with van der Waals surface area (Å²) in [5.41, 5.74) is -4.98. The fourth-order valence-corrected chi connectivity index (χ4v) is 3.94. The lowest BCUT2D eigenvalue weighted by Gasteiger charge is -2.44. The van der Waals surface area contributed by atoms with Crippen LogP contribution in [-0.2, 0) is 14.9 Å². The Morgan fingerprint density at radius 3 is 2.22 bits per heavy atom. The first kappa shape index (κ1) is 21.8. The van der Waals surface area contributed by atoms with Crippen molar-refractivity contribution in [3.05, 3.63) is 23.8 Å². The summed E-state index contributed by atoms with van der Waals surface area (Å²) in [5, 5.41) is 0. The average molecular weight is 410 g/mol. The van der Waals surface area contributed by atoms with Gasteiger partial charge < -0.3 is 13.7 Å². The van der Waals surface area contributed by atoms with Crippen molar-refractivity contribution in [2.75, 3.05) is 7.11 Å². The third-order valence-corrected chi connectivity index (χ3v) is 6.41. The third-order valence-electron chi connectivity index (χ3n) is 5.45. The number of rotatable bonds is 5. The Bertz CT molecular complexity index is 761. The second-order valence-electron chi connectivity index (χ2n) is 6.97. The molecule has 2 rings (SSSR count). The molecule has 0 bridgehead atoms. The van der Waals surface area contributed by atoms with Crippen LogP contribution in [0.3, 0.4) is 0 Å². The zero-order valence-electron chi connectivity index (χ0n) is 15.9. The minimum Gasteiger partial charge on any atom is -0.493 e. The molecule has 27 heavy (non-hydrogen) atoms. The molecule has 9 heteroatoms. The molecule has 0 aliphatic carbocycles. The van der Waals surface area contributed by atoms with Gasteiger partial charge in [0.15, 0.2) is 11.5 Å². The van der Waals surface area contributed by atoms with E-state index in [0.29, 0.717) is 17.4 Å². The van der Waals surface area contributed by atoms with Gasteiger partial charge in [0.2, 0.25) is 0 Å². The molecule has 1 heterocycles. The molecule has 5 atom stereocenters. The molecule has 0 amide bonds. The zero-order valence-corrected chi connectivity index (χ0v) is 16.7. The van der Waals surface area contributed by atoms with E-state index < -0.39 is 21.4 Å². The molecule has 0 saturated carbocycles. The van der Waals surface area contributed by atoms with Gasteiger partial charge in [-0.25, -0.2) is 0 Å². The molecule has 1 aromatic carbocycles. The van der Waals surface area contributed by atoms with Crippen LogP contribution >= 0.6 is 0 Å². The topological polar surface area (TPSA) is 61.8 Å². The first-order chi connectivity index (χ1) is 12.4. The quantitative estimate of drug-likeness (QED) is 0.521. The van der Waals surface area contributed by atoms with Gasteiger partial charge in [-0.1, -0.05) is 33.8 Å². The van der Waals surface area contributed by atoms with Gasteiger partial charge in [-0.2, -0.15) is 21.6 Å². The molecule has 0 spiro atoms. The molecule has 0 radical (unpaired) electrons. The van der Waals surface area contributed by atoms with Gasteiger partial charge in [0.05, 0.1) is 19.3 Å². The summed E-state index contributed by atoms with van der Waals surface area (Å²) < 4.78 is 76.3. The van der Waals surface area contributed by atoms with Crippen LogP contribution in [0.15, 0.2) is 18.2 Å². The van der Waals surface area contributed by atoms with E-state index in [1.165, 1.54) is 19.2 Å². The fraction of sp³-hybridized carbons (Fsp3) is 0.667. The maximum atomic E-state index is 12.7. The summed E-state index contributed by atoms with van der Waals surface area (Å²) in [7, 11) is -4.58. The number of ether oxygens (including phenoxy) is 2. The standard InChI is InChI=1S/C18H25F3O5S/c1-6-14-11(3)10(2)12(4)17(25-14)13-7-8-15(24-5)16(9-13)26-27(22,23)18(19,20)21/h7-12,14,17H,6H2,1-5H3/t10-,11-,12-,14+,17-/m0/s1. The van der Waals surface area contributed by atoms with Crippen molar-refractivity contribution in [3.63, 3.8) is 0 Å². The summed E-state index contributed by atoms with van der Waals surface area (Å²) in [5.74, 6) is 0.120. The van der Waals surface area contributed by atoms with Gasteiger partial charge in [0, 0.05) is 0 Å². The predicted molar refractivity (Wildman–Crippen MR) is 94.0 cm³/mol. The zero-order chi connectivity index (χ0) is 20.6. The van der Waals surface area contributed by atoms with Crippen molar-refractivity contribution in [1.82, 2.24) is 0 Å². The van der Waals surface area contributed by atoms with Crippen molar-refractivity contribution in [2.45, 2.75) is 51.8 Å². The average Bonchev–Trinajstić information content (AvgIpc) is 2.59. The summed E-state index contributed by atoms with van der Waals surface area (Å²) in [4.78, 5) is 0. The van der Waals surface area contributed by atoms with Gasteiger partial charge in [-0.15, -0.1) is 0 Å². The highest BCUT2D eigenvalue weighted by atomic mass is 32.2. The second kappa shape index (κ2) is 7.87. The summed E-state index contributed by atoms with van der Waals surface area (Å²) in [6.45, 7) is 8.25. The molecule has 1 fully saturated rings. The lowest BCUT2D eigenvalue weighted by atomic mass is 9.74. The molecule has 0 aromatic heterocycles. The Kier molecular flexibility index (Phi) is 6.36. The number of benzene rings is 1. The first-order valence-corrected chi connectivity index (χ1v) is 10.2. The molecule has 1 aliphatic rings. The van der Waals surface area contributed by atoms with Crippen molar-refractivity contribution in [2.24, 2.45) is 17.8 Å². The molecule has 5 nitrogen and oxygen atoms in total. The van der Waals surface area contributed by atoms with Gasteiger partial charge >= 0.3 is 15.6 Å².